The minimum Gasteiger partial charge on any atom is -0.364 e. The lowest BCUT2D eigenvalue weighted by Crippen LogP contribution is -2.24. The molecule has 5 nitrogen and oxygen atoms in total. The predicted octanol–water partition coefficient (Wildman–Crippen LogP) is -0.0433. The highest BCUT2D eigenvalue weighted by Crippen LogP contribution is 2.08. The van der Waals surface area contributed by atoms with E-state index in [9.17, 15) is 4.79 Å². The van der Waals surface area contributed by atoms with E-state index in [1.54, 1.807) is 6.92 Å². The number of aryl methyl sites for hydroxylation is 2. The first-order valence-electron chi connectivity index (χ1n) is 4.21. The molecular formula is C8H14N4O. The number of nitrogens with two attached hydrogens (primary N) is 2. The summed E-state index contributed by atoms with van der Waals surface area (Å²) >= 11 is 0. The van der Waals surface area contributed by atoms with Crippen LogP contribution in [0.3, 0.4) is 0 Å². The van der Waals surface area contributed by atoms with E-state index in [-0.39, 0.29) is 0 Å². The molecule has 4 N–H and O–H groups in total. The van der Waals surface area contributed by atoms with Gasteiger partial charge in [-0.05, 0) is 13.3 Å². The number of amides is 1. The van der Waals surface area contributed by atoms with Gasteiger partial charge in [-0.15, -0.1) is 0 Å². The quantitative estimate of drug-likeness (QED) is 0.643. The van der Waals surface area contributed by atoms with Crippen LogP contribution in [-0.4, -0.2) is 15.6 Å². The monoisotopic (exact) mass is 182 g/mol. The van der Waals surface area contributed by atoms with Crippen LogP contribution in [0.15, 0.2) is 0 Å². The predicted molar refractivity (Wildman–Crippen MR) is 49.6 cm³/mol. The number of imidazole rings is 1. The van der Waals surface area contributed by atoms with Crippen LogP contribution in [0.2, 0.25) is 0 Å². The van der Waals surface area contributed by atoms with Crippen LogP contribution in [0.5, 0.6) is 0 Å². The van der Waals surface area contributed by atoms with Gasteiger partial charge in [0.15, 0.2) is 0 Å². The Hall–Kier alpha value is -1.52. The van der Waals surface area contributed by atoms with Crippen molar-refractivity contribution in [2.75, 3.05) is 5.84 Å². The summed E-state index contributed by atoms with van der Waals surface area (Å²) in [5.41, 5.74) is 6.04. The molecular weight excluding hydrogens is 168 g/mol. The van der Waals surface area contributed by atoms with Crippen LogP contribution >= 0.6 is 0 Å². The van der Waals surface area contributed by atoms with Crippen molar-refractivity contribution in [3.05, 3.63) is 17.2 Å². The van der Waals surface area contributed by atoms with Gasteiger partial charge in [-0.3, -0.25) is 4.79 Å². The van der Waals surface area contributed by atoms with Crippen LogP contribution < -0.4 is 11.6 Å². The fraction of sp³-hybridized carbons (Fsp3) is 0.500. The fourth-order valence-corrected chi connectivity index (χ4v) is 1.30. The lowest BCUT2D eigenvalue weighted by molar-refractivity contribution is 0.0992. The minimum absolute atomic E-state index is 0.295. The van der Waals surface area contributed by atoms with Crippen LogP contribution in [0.1, 0.15) is 35.4 Å². The fourth-order valence-electron chi connectivity index (χ4n) is 1.30. The van der Waals surface area contributed by atoms with Gasteiger partial charge in [0.05, 0.1) is 5.69 Å². The van der Waals surface area contributed by atoms with E-state index in [2.05, 4.69) is 4.98 Å². The maximum absolute atomic E-state index is 10.9. The molecule has 1 rings (SSSR count). The van der Waals surface area contributed by atoms with Crippen molar-refractivity contribution in [3.8, 4) is 0 Å². The number of nitrogens with zero attached hydrogens (tertiary/aromatic N) is 2. The summed E-state index contributed by atoms with van der Waals surface area (Å²) in [5, 5.41) is 0. The molecule has 0 bridgehead atoms. The van der Waals surface area contributed by atoms with Gasteiger partial charge >= 0.3 is 0 Å². The van der Waals surface area contributed by atoms with Crippen LogP contribution in [-0.2, 0) is 6.42 Å². The number of nitrogen functional groups attached to an aromatic ring is 1. The van der Waals surface area contributed by atoms with E-state index in [0.29, 0.717) is 17.2 Å². The third kappa shape index (κ3) is 1.63. The lowest BCUT2D eigenvalue weighted by Gasteiger charge is -2.01. The maximum atomic E-state index is 10.9. The van der Waals surface area contributed by atoms with Crippen LogP contribution in [0.4, 0.5) is 0 Å². The number of aromatic nitrogens is 2. The average molecular weight is 182 g/mol. The molecule has 1 amide bonds. The first-order valence-corrected chi connectivity index (χ1v) is 4.21. The summed E-state index contributed by atoms with van der Waals surface area (Å²) in [7, 11) is 0. The molecule has 72 valence electrons. The zero-order valence-electron chi connectivity index (χ0n) is 7.87. The smallest absolute Gasteiger partial charge is 0.269 e. The number of carbonyl (C=O) groups is 1. The third-order valence-electron chi connectivity index (χ3n) is 1.87. The number of carbonyl (C=O) groups excluding carboxylic acids is 1. The molecule has 0 spiro atoms. The van der Waals surface area contributed by atoms with E-state index in [0.717, 1.165) is 12.8 Å². The highest BCUT2D eigenvalue weighted by Gasteiger charge is 2.15. The second kappa shape index (κ2) is 3.47. The first-order chi connectivity index (χ1) is 6.07. The second-order valence-corrected chi connectivity index (χ2v) is 2.95. The third-order valence-corrected chi connectivity index (χ3v) is 1.87. The van der Waals surface area contributed by atoms with E-state index >= 15 is 0 Å². The van der Waals surface area contributed by atoms with Gasteiger partial charge in [0.1, 0.15) is 11.5 Å². The molecule has 0 aliphatic heterocycles. The Morgan fingerprint density at radius 2 is 2.23 bits per heavy atom. The average Bonchev–Trinajstić information content (AvgIpc) is 2.28. The van der Waals surface area contributed by atoms with Gasteiger partial charge in [-0.2, -0.15) is 0 Å². The van der Waals surface area contributed by atoms with E-state index in [4.69, 9.17) is 11.6 Å². The number of rotatable bonds is 3. The summed E-state index contributed by atoms with van der Waals surface area (Å²) in [6, 6.07) is 0. The molecule has 0 aliphatic rings. The minimum atomic E-state index is -0.533. The molecule has 0 saturated heterocycles. The molecule has 13 heavy (non-hydrogen) atoms. The molecule has 1 aromatic heterocycles. The molecule has 0 atom stereocenters. The molecule has 0 radical (unpaired) electrons. The Bertz CT molecular complexity index is 329. The number of hydrogen-bond acceptors (Lipinski definition) is 3. The summed E-state index contributed by atoms with van der Waals surface area (Å²) in [5.74, 6) is 5.81. The zero-order chi connectivity index (χ0) is 10.0. The highest BCUT2D eigenvalue weighted by molar-refractivity contribution is 5.92. The number of primary amides is 1. The lowest BCUT2D eigenvalue weighted by atomic mass is 10.3. The molecule has 5 heteroatoms. The molecule has 0 saturated carbocycles. The van der Waals surface area contributed by atoms with Crippen LogP contribution in [0.25, 0.3) is 0 Å². The topological polar surface area (TPSA) is 86.9 Å². The van der Waals surface area contributed by atoms with Gasteiger partial charge in [0.2, 0.25) is 0 Å². The Balaban J connectivity index is 3.14. The number of hydrogen-bond donors (Lipinski definition) is 2. The highest BCUT2D eigenvalue weighted by atomic mass is 16.1. The Kier molecular flexibility index (Phi) is 2.55. The second-order valence-electron chi connectivity index (χ2n) is 2.95. The summed E-state index contributed by atoms with van der Waals surface area (Å²) in [4.78, 5) is 15.1. The summed E-state index contributed by atoms with van der Waals surface area (Å²) in [6.07, 6.45) is 1.69. The van der Waals surface area contributed by atoms with E-state index < -0.39 is 5.91 Å². The van der Waals surface area contributed by atoms with Crippen molar-refractivity contribution in [2.45, 2.75) is 26.7 Å². The van der Waals surface area contributed by atoms with Crippen molar-refractivity contribution < 1.29 is 4.79 Å². The van der Waals surface area contributed by atoms with Gasteiger partial charge < -0.3 is 11.6 Å². The Morgan fingerprint density at radius 1 is 1.62 bits per heavy atom. The van der Waals surface area contributed by atoms with Crippen molar-refractivity contribution in [2.24, 2.45) is 5.73 Å². The van der Waals surface area contributed by atoms with Gasteiger partial charge in [0.25, 0.3) is 5.91 Å². The maximum Gasteiger partial charge on any atom is 0.269 e. The molecule has 0 unspecified atom stereocenters. The Labute approximate surface area is 76.7 Å². The molecule has 0 aromatic carbocycles. The van der Waals surface area contributed by atoms with Gasteiger partial charge in [-0.1, -0.05) is 6.92 Å². The van der Waals surface area contributed by atoms with Gasteiger partial charge in [-0.25, -0.2) is 9.66 Å². The first kappa shape index (κ1) is 9.57. The Morgan fingerprint density at radius 3 is 2.62 bits per heavy atom. The standard InChI is InChI=1S/C8H14N4O/c1-3-4-6-11-5(2)7(8(9)13)12(6)10/h3-4,10H2,1-2H3,(H2,9,13). The van der Waals surface area contributed by atoms with Crippen molar-refractivity contribution in [1.29, 1.82) is 0 Å². The largest absolute Gasteiger partial charge is 0.364 e. The van der Waals surface area contributed by atoms with Gasteiger partial charge in [0, 0.05) is 6.42 Å². The van der Waals surface area contributed by atoms with Crippen molar-refractivity contribution in [1.82, 2.24) is 9.66 Å². The molecule has 0 fully saturated rings. The molecule has 0 aliphatic carbocycles. The van der Waals surface area contributed by atoms with E-state index in [1.807, 2.05) is 6.92 Å². The summed E-state index contributed by atoms with van der Waals surface area (Å²) in [6.45, 7) is 3.75. The summed E-state index contributed by atoms with van der Waals surface area (Å²) < 4.78 is 1.28. The van der Waals surface area contributed by atoms with Crippen molar-refractivity contribution in [3.63, 3.8) is 0 Å². The van der Waals surface area contributed by atoms with E-state index in [1.165, 1.54) is 4.68 Å². The zero-order valence-corrected chi connectivity index (χ0v) is 7.87. The SMILES string of the molecule is CCCc1nc(C)c(C(N)=O)n1N. The molecule has 1 heterocycles. The van der Waals surface area contributed by atoms with Crippen molar-refractivity contribution >= 4 is 5.91 Å². The molecule has 1 aromatic rings. The van der Waals surface area contributed by atoms with Crippen LogP contribution in [0, 0.1) is 6.92 Å². The normalized spacial score (nSPS) is 10.3.